The molecule has 1 fully saturated rings. The van der Waals surface area contributed by atoms with E-state index in [9.17, 15) is 4.79 Å². The van der Waals surface area contributed by atoms with Crippen molar-refractivity contribution in [3.05, 3.63) is 10.8 Å². The second kappa shape index (κ2) is 10.4. The lowest BCUT2D eigenvalue weighted by Crippen LogP contribution is -2.45. The molecule has 1 heterocycles. The summed E-state index contributed by atoms with van der Waals surface area (Å²) in [7, 11) is 4.16. The third-order valence-corrected chi connectivity index (χ3v) is 4.90. The molecule has 1 aromatic heterocycles. The van der Waals surface area contributed by atoms with Crippen molar-refractivity contribution in [2.45, 2.75) is 44.2 Å². The van der Waals surface area contributed by atoms with E-state index in [1.165, 1.54) is 0 Å². The summed E-state index contributed by atoms with van der Waals surface area (Å²) in [5.41, 5.74) is 16.9. The Kier molecular flexibility index (Phi) is 8.21. The molecule has 8 N–H and O–H groups in total. The molecular weight excluding hydrogens is 382 g/mol. The number of carbonyl (C=O) groups is 1. The zero-order valence-electron chi connectivity index (χ0n) is 16.4. The average Bonchev–Trinajstić information content (AvgIpc) is 2.62. The topological polar surface area (TPSA) is 161 Å². The van der Waals surface area contributed by atoms with E-state index in [4.69, 9.17) is 28.8 Å². The number of hydrogen-bond donors (Lipinski definition) is 5. The second-order valence-corrected chi connectivity index (χ2v) is 7.60. The first-order chi connectivity index (χ1) is 13.3. The fourth-order valence-corrected chi connectivity index (χ4v) is 3.27. The lowest BCUT2D eigenvalue weighted by atomic mass is 9.91. The average molecular weight is 412 g/mol. The van der Waals surface area contributed by atoms with Crippen molar-refractivity contribution in [1.29, 1.82) is 0 Å². The number of guanidine groups is 1. The minimum atomic E-state index is -0.715. The third-order valence-electron chi connectivity index (χ3n) is 4.62. The summed E-state index contributed by atoms with van der Waals surface area (Å²) in [6, 6.07) is 0.696. The van der Waals surface area contributed by atoms with Crippen molar-refractivity contribution in [1.82, 2.24) is 25.5 Å². The number of nitrogens with one attached hydrogen (secondary N) is 2. The van der Waals surface area contributed by atoms with Crippen LogP contribution in [-0.2, 0) is 0 Å². The van der Waals surface area contributed by atoms with E-state index in [0.717, 1.165) is 45.2 Å². The molecule has 11 heteroatoms. The number of aliphatic imine (C=N–C) groups is 1. The van der Waals surface area contributed by atoms with Crippen LogP contribution in [0.2, 0.25) is 5.15 Å². The molecule has 10 nitrogen and oxygen atoms in total. The Morgan fingerprint density at radius 3 is 2.46 bits per heavy atom. The predicted molar refractivity (Wildman–Crippen MR) is 112 cm³/mol. The fourth-order valence-electron chi connectivity index (χ4n) is 3.15. The Balaban J connectivity index is 1.80. The highest BCUT2D eigenvalue weighted by Crippen LogP contribution is 2.19. The summed E-state index contributed by atoms with van der Waals surface area (Å²) in [5, 5.41) is 6.59. The van der Waals surface area contributed by atoms with Gasteiger partial charge in [-0.3, -0.25) is 4.79 Å². The number of aromatic nitrogens is 2. The SMILES string of the molecule is CN(C)CCCN[C@H]1CC[C@H](N/C(N)=N/C(=O)c2nc(Cl)c(N)nc2N)CC1. The van der Waals surface area contributed by atoms with Crippen LogP contribution >= 0.6 is 11.6 Å². The van der Waals surface area contributed by atoms with Crippen LogP contribution in [0, 0.1) is 0 Å². The largest absolute Gasteiger partial charge is 0.382 e. The second-order valence-electron chi connectivity index (χ2n) is 7.24. The van der Waals surface area contributed by atoms with Crippen LogP contribution in [0.15, 0.2) is 4.99 Å². The van der Waals surface area contributed by atoms with Gasteiger partial charge in [-0.1, -0.05) is 11.6 Å². The highest BCUT2D eigenvalue weighted by Gasteiger charge is 2.22. The van der Waals surface area contributed by atoms with Gasteiger partial charge in [0.25, 0.3) is 0 Å². The molecule has 2 rings (SSSR count). The first kappa shape index (κ1) is 22.1. The summed E-state index contributed by atoms with van der Waals surface area (Å²) >= 11 is 5.79. The van der Waals surface area contributed by atoms with Crippen molar-refractivity contribution in [3.63, 3.8) is 0 Å². The van der Waals surface area contributed by atoms with Crippen LogP contribution in [0.3, 0.4) is 0 Å². The van der Waals surface area contributed by atoms with E-state index < -0.39 is 5.91 Å². The number of amides is 1. The van der Waals surface area contributed by atoms with Gasteiger partial charge >= 0.3 is 5.91 Å². The molecule has 0 saturated heterocycles. The standard InChI is InChI=1S/C17H30ClN9O/c1-27(2)9-3-8-22-10-4-6-11(7-5-10)23-17(21)26-16(28)12-14(19)25-15(20)13(18)24-12/h10-11,22H,3-9H2,1-2H3,(H4,19,20,25)(H3,21,23,26,28)/t10-,11-. The monoisotopic (exact) mass is 411 g/mol. The third kappa shape index (κ3) is 6.77. The van der Waals surface area contributed by atoms with Gasteiger partial charge in [0.05, 0.1) is 0 Å². The Bertz CT molecular complexity index is 702. The zero-order chi connectivity index (χ0) is 20.7. The lowest BCUT2D eigenvalue weighted by molar-refractivity contribution is 0.0998. The van der Waals surface area contributed by atoms with E-state index in [1.807, 2.05) is 0 Å². The summed E-state index contributed by atoms with van der Waals surface area (Å²) in [5.74, 6) is -0.864. The van der Waals surface area contributed by atoms with E-state index in [2.05, 4.69) is 44.6 Å². The summed E-state index contributed by atoms with van der Waals surface area (Å²) in [6.45, 7) is 2.10. The normalized spacial score (nSPS) is 20.4. The van der Waals surface area contributed by atoms with Gasteiger partial charge < -0.3 is 32.7 Å². The molecule has 1 aromatic rings. The molecule has 156 valence electrons. The molecule has 0 aliphatic heterocycles. The van der Waals surface area contributed by atoms with Gasteiger partial charge in [0.15, 0.2) is 28.4 Å². The maximum Gasteiger partial charge on any atom is 0.302 e. The Labute approximate surface area is 170 Å². The van der Waals surface area contributed by atoms with E-state index in [-0.39, 0.29) is 34.5 Å². The van der Waals surface area contributed by atoms with E-state index >= 15 is 0 Å². The number of hydrogen-bond acceptors (Lipinski definition) is 7. The van der Waals surface area contributed by atoms with Crippen LogP contribution in [0.1, 0.15) is 42.6 Å². The molecule has 1 aliphatic carbocycles. The van der Waals surface area contributed by atoms with Crippen molar-refractivity contribution in [2.75, 3.05) is 38.7 Å². The highest BCUT2D eigenvalue weighted by molar-refractivity contribution is 6.31. The van der Waals surface area contributed by atoms with Gasteiger partial charge in [-0.25, -0.2) is 9.97 Å². The highest BCUT2D eigenvalue weighted by atomic mass is 35.5. The number of halogens is 1. The van der Waals surface area contributed by atoms with Crippen molar-refractivity contribution >= 4 is 35.1 Å². The van der Waals surface area contributed by atoms with Gasteiger partial charge in [-0.15, -0.1) is 0 Å². The molecule has 1 aliphatic rings. The molecule has 0 radical (unpaired) electrons. The molecule has 0 bridgehead atoms. The molecule has 28 heavy (non-hydrogen) atoms. The molecular formula is C17H30ClN9O. The Morgan fingerprint density at radius 1 is 1.18 bits per heavy atom. The molecule has 0 atom stereocenters. The summed E-state index contributed by atoms with van der Waals surface area (Å²) < 4.78 is 0. The van der Waals surface area contributed by atoms with Crippen LogP contribution in [-0.4, -0.2) is 66.0 Å². The minimum Gasteiger partial charge on any atom is -0.382 e. The number of nitrogens with two attached hydrogens (primary N) is 3. The lowest BCUT2D eigenvalue weighted by Gasteiger charge is -2.30. The molecule has 0 aromatic carbocycles. The molecule has 1 amide bonds. The van der Waals surface area contributed by atoms with Crippen molar-refractivity contribution in [3.8, 4) is 0 Å². The summed E-state index contributed by atoms with van der Waals surface area (Å²) in [4.78, 5) is 25.8. The van der Waals surface area contributed by atoms with Crippen LogP contribution in [0.5, 0.6) is 0 Å². The zero-order valence-corrected chi connectivity index (χ0v) is 17.2. The van der Waals surface area contributed by atoms with Crippen LogP contribution < -0.4 is 27.8 Å². The predicted octanol–water partition coefficient (Wildman–Crippen LogP) is 0.191. The van der Waals surface area contributed by atoms with Crippen LogP contribution in [0.4, 0.5) is 11.6 Å². The minimum absolute atomic E-state index is 0.0292. The van der Waals surface area contributed by atoms with Crippen molar-refractivity contribution in [2.24, 2.45) is 10.7 Å². The number of anilines is 2. The number of carbonyl (C=O) groups excluding carboxylic acids is 1. The number of nitrogens with zero attached hydrogens (tertiary/aromatic N) is 4. The quantitative estimate of drug-likeness (QED) is 0.239. The van der Waals surface area contributed by atoms with Gasteiger partial charge in [-0.05, 0) is 59.3 Å². The summed E-state index contributed by atoms with van der Waals surface area (Å²) in [6.07, 6.45) is 5.13. The smallest absolute Gasteiger partial charge is 0.302 e. The molecule has 0 spiro atoms. The first-order valence-electron chi connectivity index (χ1n) is 9.38. The Hall–Kier alpha value is -2.17. The first-order valence-corrected chi connectivity index (χ1v) is 9.75. The van der Waals surface area contributed by atoms with Gasteiger partial charge in [-0.2, -0.15) is 4.99 Å². The maximum absolute atomic E-state index is 12.2. The van der Waals surface area contributed by atoms with Gasteiger partial charge in [0, 0.05) is 12.1 Å². The molecule has 0 unspecified atom stereocenters. The number of rotatable bonds is 7. The molecule has 1 saturated carbocycles. The maximum atomic E-state index is 12.2. The van der Waals surface area contributed by atoms with Gasteiger partial charge in [0.1, 0.15) is 0 Å². The van der Waals surface area contributed by atoms with E-state index in [1.54, 1.807) is 0 Å². The fraction of sp³-hybridized carbons (Fsp3) is 0.647. The van der Waals surface area contributed by atoms with Gasteiger partial charge in [0.2, 0.25) is 0 Å². The number of nitrogen functional groups attached to an aromatic ring is 2. The van der Waals surface area contributed by atoms with Crippen molar-refractivity contribution < 1.29 is 4.79 Å². The Morgan fingerprint density at radius 2 is 1.82 bits per heavy atom. The van der Waals surface area contributed by atoms with E-state index in [0.29, 0.717) is 6.04 Å². The van der Waals surface area contributed by atoms with Crippen LogP contribution in [0.25, 0.3) is 0 Å².